The van der Waals surface area contributed by atoms with Gasteiger partial charge in [0.05, 0.1) is 5.60 Å². The van der Waals surface area contributed by atoms with E-state index in [2.05, 4.69) is 30.7 Å². The highest BCUT2D eigenvalue weighted by Gasteiger charge is 2.31. The predicted molar refractivity (Wildman–Crippen MR) is 82.5 cm³/mol. The molecule has 2 rings (SSSR count). The number of halogens is 1. The highest BCUT2D eigenvalue weighted by molar-refractivity contribution is 6.30. The number of hydrogen-bond acceptors (Lipinski definition) is 4. The quantitative estimate of drug-likeness (QED) is 0.809. The lowest BCUT2D eigenvalue weighted by Gasteiger charge is -2.38. The fourth-order valence-corrected chi connectivity index (χ4v) is 2.69. The van der Waals surface area contributed by atoms with Crippen LogP contribution in [0.3, 0.4) is 0 Å². The molecule has 0 radical (unpaired) electrons. The van der Waals surface area contributed by atoms with Crippen LogP contribution in [0, 0.1) is 6.92 Å². The van der Waals surface area contributed by atoms with Gasteiger partial charge in [0.25, 0.3) is 0 Å². The second kappa shape index (κ2) is 5.15. The summed E-state index contributed by atoms with van der Waals surface area (Å²) in [5.41, 5.74) is 0.0753. The van der Waals surface area contributed by atoms with Gasteiger partial charge in [0.1, 0.15) is 16.8 Å². The summed E-state index contributed by atoms with van der Waals surface area (Å²) in [7, 11) is 0. The van der Waals surface area contributed by atoms with Crippen LogP contribution in [0.5, 0.6) is 0 Å². The molecule has 1 fully saturated rings. The third-order valence-electron chi connectivity index (χ3n) is 3.71. The van der Waals surface area contributed by atoms with Gasteiger partial charge in [-0.25, -0.2) is 9.97 Å². The summed E-state index contributed by atoms with van der Waals surface area (Å²) in [4.78, 5) is 11.2. The Morgan fingerprint density at radius 2 is 1.95 bits per heavy atom. The zero-order valence-corrected chi connectivity index (χ0v) is 13.8. The lowest BCUT2D eigenvalue weighted by atomic mass is 9.94. The molecule has 0 bridgehead atoms. The number of aromatic nitrogens is 2. The molecule has 1 atom stereocenters. The van der Waals surface area contributed by atoms with E-state index < -0.39 is 5.60 Å². The maximum atomic E-state index is 10.3. The van der Waals surface area contributed by atoms with E-state index >= 15 is 0 Å². The summed E-state index contributed by atoms with van der Waals surface area (Å²) in [5, 5.41) is 10.8. The molecule has 1 N–H and O–H groups in total. The molecule has 0 saturated carbocycles. The summed E-state index contributed by atoms with van der Waals surface area (Å²) in [6.45, 7) is 11.5. The Morgan fingerprint density at radius 1 is 1.30 bits per heavy atom. The maximum Gasteiger partial charge on any atom is 0.137 e. The fraction of sp³-hybridized carbons (Fsp3) is 0.733. The number of hydrogen-bond donors (Lipinski definition) is 1. The van der Waals surface area contributed by atoms with E-state index in [1.807, 2.05) is 13.8 Å². The van der Waals surface area contributed by atoms with Crippen LogP contribution in [0.15, 0.2) is 0 Å². The van der Waals surface area contributed by atoms with Crippen molar-refractivity contribution in [2.45, 2.75) is 58.5 Å². The van der Waals surface area contributed by atoms with Crippen molar-refractivity contribution < 1.29 is 5.11 Å². The number of β-amino-alcohol motifs (C(OH)–C–C–N with tert-alkyl or cyclic N) is 1. The average molecular weight is 298 g/mol. The Bertz CT molecular complexity index is 509. The predicted octanol–water partition coefficient (Wildman–Crippen LogP) is 3.09. The second-order valence-electron chi connectivity index (χ2n) is 7.06. The van der Waals surface area contributed by atoms with E-state index in [1.165, 1.54) is 0 Å². The molecule has 2 heterocycles. The van der Waals surface area contributed by atoms with Crippen molar-refractivity contribution in [1.29, 1.82) is 0 Å². The van der Waals surface area contributed by atoms with E-state index in [1.54, 1.807) is 0 Å². The van der Waals surface area contributed by atoms with Gasteiger partial charge >= 0.3 is 0 Å². The van der Waals surface area contributed by atoms with E-state index in [9.17, 15) is 5.11 Å². The van der Waals surface area contributed by atoms with Crippen LogP contribution in [0.2, 0.25) is 5.15 Å². The van der Waals surface area contributed by atoms with Gasteiger partial charge < -0.3 is 10.0 Å². The maximum absolute atomic E-state index is 10.3. The van der Waals surface area contributed by atoms with Gasteiger partial charge in [-0.05, 0) is 26.7 Å². The van der Waals surface area contributed by atoms with Crippen LogP contribution < -0.4 is 4.90 Å². The lowest BCUT2D eigenvalue weighted by Crippen LogP contribution is -2.47. The topological polar surface area (TPSA) is 49.2 Å². The van der Waals surface area contributed by atoms with E-state index in [4.69, 9.17) is 16.6 Å². The molecule has 4 nitrogen and oxygen atoms in total. The van der Waals surface area contributed by atoms with Crippen LogP contribution in [-0.2, 0) is 5.41 Å². The van der Waals surface area contributed by atoms with Crippen LogP contribution in [0.25, 0.3) is 0 Å². The van der Waals surface area contributed by atoms with Crippen molar-refractivity contribution in [2.75, 3.05) is 18.0 Å². The minimum atomic E-state index is -0.663. The first kappa shape index (κ1) is 15.5. The van der Waals surface area contributed by atoms with Crippen LogP contribution >= 0.6 is 11.6 Å². The van der Waals surface area contributed by atoms with Gasteiger partial charge in [-0.2, -0.15) is 0 Å². The molecule has 20 heavy (non-hydrogen) atoms. The summed E-state index contributed by atoms with van der Waals surface area (Å²) in [6.07, 6.45) is 1.78. The molecule has 0 spiro atoms. The molecule has 1 aliphatic rings. The minimum absolute atomic E-state index is 0.148. The number of piperidine rings is 1. The summed E-state index contributed by atoms with van der Waals surface area (Å²) >= 11 is 6.28. The van der Waals surface area contributed by atoms with Gasteiger partial charge in [-0.1, -0.05) is 32.4 Å². The van der Waals surface area contributed by atoms with Gasteiger partial charge in [0.2, 0.25) is 0 Å². The van der Waals surface area contributed by atoms with Gasteiger partial charge in [0, 0.05) is 24.1 Å². The molecule has 1 unspecified atom stereocenters. The Morgan fingerprint density at radius 3 is 2.50 bits per heavy atom. The summed E-state index contributed by atoms with van der Waals surface area (Å²) < 4.78 is 0. The van der Waals surface area contributed by atoms with Crippen molar-refractivity contribution >= 4 is 17.4 Å². The normalized spacial score (nSPS) is 24.1. The van der Waals surface area contributed by atoms with Crippen molar-refractivity contribution in [3.63, 3.8) is 0 Å². The molecule has 0 aliphatic carbocycles. The molecule has 1 aliphatic heterocycles. The highest BCUT2D eigenvalue weighted by Crippen LogP contribution is 2.31. The molecule has 1 aromatic rings. The third kappa shape index (κ3) is 3.23. The van der Waals surface area contributed by atoms with E-state index in [-0.39, 0.29) is 5.41 Å². The number of aliphatic hydroxyl groups is 1. The van der Waals surface area contributed by atoms with Crippen molar-refractivity contribution in [2.24, 2.45) is 0 Å². The third-order valence-corrected chi connectivity index (χ3v) is 4.07. The zero-order valence-electron chi connectivity index (χ0n) is 13.0. The molecule has 5 heteroatoms. The first-order valence-corrected chi connectivity index (χ1v) is 7.50. The SMILES string of the molecule is Cc1c(Cl)nc(C(C)(C)C)nc1N1CCCC(C)(O)C1. The minimum Gasteiger partial charge on any atom is -0.388 e. The van der Waals surface area contributed by atoms with Crippen molar-refractivity contribution in [1.82, 2.24) is 9.97 Å². The standard InChI is InChI=1S/C15H24ClN3O/c1-10-11(16)17-13(14(2,3)4)18-12(10)19-8-6-7-15(5,20)9-19/h20H,6-9H2,1-5H3. The first-order chi connectivity index (χ1) is 9.10. The molecular weight excluding hydrogens is 274 g/mol. The van der Waals surface area contributed by atoms with Crippen molar-refractivity contribution in [3.8, 4) is 0 Å². The van der Waals surface area contributed by atoms with Crippen LogP contribution in [-0.4, -0.2) is 33.8 Å². The molecule has 112 valence electrons. The highest BCUT2D eigenvalue weighted by atomic mass is 35.5. The Kier molecular flexibility index (Phi) is 4.00. The van der Waals surface area contributed by atoms with Crippen LogP contribution in [0.1, 0.15) is 51.9 Å². The number of anilines is 1. The molecule has 1 aromatic heterocycles. The molecular formula is C15H24ClN3O. The van der Waals surface area contributed by atoms with Crippen molar-refractivity contribution in [3.05, 3.63) is 16.5 Å². The largest absolute Gasteiger partial charge is 0.388 e. The smallest absolute Gasteiger partial charge is 0.137 e. The van der Waals surface area contributed by atoms with Gasteiger partial charge in [0.15, 0.2) is 0 Å². The zero-order chi connectivity index (χ0) is 15.1. The Hall–Kier alpha value is -0.870. The molecule has 0 amide bonds. The number of rotatable bonds is 1. The molecule has 1 saturated heterocycles. The average Bonchev–Trinajstić information content (AvgIpc) is 2.29. The lowest BCUT2D eigenvalue weighted by molar-refractivity contribution is 0.0446. The fourth-order valence-electron chi connectivity index (χ4n) is 2.52. The molecule has 0 aromatic carbocycles. The van der Waals surface area contributed by atoms with Gasteiger partial charge in [-0.3, -0.25) is 0 Å². The van der Waals surface area contributed by atoms with Crippen LogP contribution in [0.4, 0.5) is 5.82 Å². The van der Waals surface area contributed by atoms with E-state index in [0.29, 0.717) is 11.7 Å². The Balaban J connectivity index is 2.43. The Labute approximate surface area is 126 Å². The number of nitrogens with zero attached hydrogens (tertiary/aromatic N) is 3. The summed E-state index contributed by atoms with van der Waals surface area (Å²) in [6, 6.07) is 0. The van der Waals surface area contributed by atoms with Gasteiger partial charge in [-0.15, -0.1) is 0 Å². The second-order valence-corrected chi connectivity index (χ2v) is 7.42. The summed E-state index contributed by atoms with van der Waals surface area (Å²) in [5.74, 6) is 1.60. The monoisotopic (exact) mass is 297 g/mol. The van der Waals surface area contributed by atoms with E-state index in [0.717, 1.165) is 36.6 Å². The first-order valence-electron chi connectivity index (χ1n) is 7.12.